The number of benzene rings is 1. The van der Waals surface area contributed by atoms with Crippen LogP contribution in [0, 0.1) is 0 Å². The van der Waals surface area contributed by atoms with Gasteiger partial charge in [0.1, 0.15) is 10.6 Å². The number of para-hydroxylation sites is 1. The summed E-state index contributed by atoms with van der Waals surface area (Å²) in [7, 11) is -3.71. The molecule has 1 aromatic carbocycles. The van der Waals surface area contributed by atoms with E-state index in [0.717, 1.165) is 5.56 Å². The number of fused-ring (bicyclic) bond motifs is 1. The van der Waals surface area contributed by atoms with Crippen molar-refractivity contribution in [1.82, 2.24) is 14.7 Å². The van der Waals surface area contributed by atoms with Crippen LogP contribution in [0.1, 0.15) is 18.0 Å². The van der Waals surface area contributed by atoms with Crippen molar-refractivity contribution in [1.29, 1.82) is 0 Å². The minimum atomic E-state index is -3.71. The van der Waals surface area contributed by atoms with Crippen molar-refractivity contribution >= 4 is 21.6 Å². The summed E-state index contributed by atoms with van der Waals surface area (Å²) in [6.45, 7) is 0.460. The SMILES string of the molecule is O=S(=O)(NC1CCOc2ccccc21)c1cnc(Cl)nc1. The van der Waals surface area contributed by atoms with E-state index in [9.17, 15) is 8.42 Å². The van der Waals surface area contributed by atoms with Gasteiger partial charge in [-0.25, -0.2) is 23.1 Å². The highest BCUT2D eigenvalue weighted by molar-refractivity contribution is 7.89. The maximum Gasteiger partial charge on any atom is 0.244 e. The van der Waals surface area contributed by atoms with E-state index in [0.29, 0.717) is 18.8 Å². The van der Waals surface area contributed by atoms with Crippen LogP contribution in [-0.4, -0.2) is 25.0 Å². The molecule has 2 aromatic rings. The molecule has 1 unspecified atom stereocenters. The summed E-state index contributed by atoms with van der Waals surface area (Å²) in [5.74, 6) is 0.698. The van der Waals surface area contributed by atoms with E-state index < -0.39 is 10.0 Å². The lowest BCUT2D eigenvalue weighted by atomic mass is 10.0. The molecule has 8 heteroatoms. The van der Waals surface area contributed by atoms with Crippen molar-refractivity contribution in [2.45, 2.75) is 17.4 Å². The van der Waals surface area contributed by atoms with Crippen LogP contribution >= 0.6 is 11.6 Å². The zero-order chi connectivity index (χ0) is 14.9. The molecular formula is C13H12ClN3O3S. The van der Waals surface area contributed by atoms with Gasteiger partial charge in [0, 0.05) is 12.0 Å². The van der Waals surface area contributed by atoms with Gasteiger partial charge in [0.15, 0.2) is 0 Å². The summed E-state index contributed by atoms with van der Waals surface area (Å²) in [5, 5.41) is 0.00496. The van der Waals surface area contributed by atoms with Crippen LogP contribution in [-0.2, 0) is 10.0 Å². The Balaban J connectivity index is 1.88. The number of halogens is 1. The first-order chi connectivity index (χ1) is 10.1. The molecule has 0 saturated heterocycles. The lowest BCUT2D eigenvalue weighted by Crippen LogP contribution is -2.32. The average Bonchev–Trinajstić information content (AvgIpc) is 2.48. The molecule has 1 atom stereocenters. The third-order valence-electron chi connectivity index (χ3n) is 3.16. The Hall–Kier alpha value is -1.70. The number of hydrogen-bond acceptors (Lipinski definition) is 5. The van der Waals surface area contributed by atoms with Crippen molar-refractivity contribution in [3.63, 3.8) is 0 Å². The minimum Gasteiger partial charge on any atom is -0.493 e. The first kappa shape index (κ1) is 14.2. The van der Waals surface area contributed by atoms with E-state index in [-0.39, 0.29) is 16.2 Å². The van der Waals surface area contributed by atoms with Crippen molar-refractivity contribution in [3.05, 3.63) is 47.5 Å². The van der Waals surface area contributed by atoms with Crippen LogP contribution in [0.3, 0.4) is 0 Å². The molecule has 0 amide bonds. The minimum absolute atomic E-state index is 0.00496. The smallest absolute Gasteiger partial charge is 0.244 e. The van der Waals surface area contributed by atoms with E-state index in [2.05, 4.69) is 14.7 Å². The molecule has 0 aliphatic carbocycles. The quantitative estimate of drug-likeness (QED) is 0.872. The van der Waals surface area contributed by atoms with E-state index in [1.54, 1.807) is 0 Å². The fraction of sp³-hybridized carbons (Fsp3) is 0.231. The summed E-state index contributed by atoms with van der Waals surface area (Å²) in [5.41, 5.74) is 0.821. The van der Waals surface area contributed by atoms with Gasteiger partial charge < -0.3 is 4.74 Å². The van der Waals surface area contributed by atoms with Crippen LogP contribution < -0.4 is 9.46 Å². The molecule has 6 nitrogen and oxygen atoms in total. The first-order valence-electron chi connectivity index (χ1n) is 6.28. The molecule has 1 aromatic heterocycles. The molecular weight excluding hydrogens is 314 g/mol. The molecule has 0 radical (unpaired) electrons. The van der Waals surface area contributed by atoms with Gasteiger partial charge in [0.05, 0.1) is 25.0 Å². The van der Waals surface area contributed by atoms with Gasteiger partial charge in [0.25, 0.3) is 0 Å². The summed E-state index contributed by atoms with van der Waals surface area (Å²) >= 11 is 5.57. The number of hydrogen-bond donors (Lipinski definition) is 1. The molecule has 1 aliphatic rings. The molecule has 21 heavy (non-hydrogen) atoms. The zero-order valence-corrected chi connectivity index (χ0v) is 12.4. The molecule has 0 spiro atoms. The van der Waals surface area contributed by atoms with Crippen LogP contribution in [0.5, 0.6) is 5.75 Å². The van der Waals surface area contributed by atoms with Crippen LogP contribution in [0.4, 0.5) is 0 Å². The molecule has 1 aliphatic heterocycles. The highest BCUT2D eigenvalue weighted by Crippen LogP contribution is 2.32. The molecule has 0 saturated carbocycles. The predicted molar refractivity (Wildman–Crippen MR) is 76.7 cm³/mol. The van der Waals surface area contributed by atoms with E-state index >= 15 is 0 Å². The van der Waals surface area contributed by atoms with Crippen LogP contribution in [0.15, 0.2) is 41.6 Å². The molecule has 0 bridgehead atoms. The molecule has 1 N–H and O–H groups in total. The lowest BCUT2D eigenvalue weighted by molar-refractivity contribution is 0.263. The van der Waals surface area contributed by atoms with Crippen molar-refractivity contribution in [2.75, 3.05) is 6.61 Å². The molecule has 0 fully saturated rings. The second-order valence-electron chi connectivity index (χ2n) is 4.54. The standard InChI is InChI=1S/C13H12ClN3O3S/c14-13-15-7-9(8-16-13)21(18,19)17-11-5-6-20-12-4-2-1-3-10(11)12/h1-4,7-8,11,17H,5-6H2. The second kappa shape index (κ2) is 5.59. The molecule has 2 heterocycles. The Labute approximate surface area is 127 Å². The largest absolute Gasteiger partial charge is 0.493 e. The molecule has 110 valence electrons. The number of aromatic nitrogens is 2. The monoisotopic (exact) mass is 325 g/mol. The first-order valence-corrected chi connectivity index (χ1v) is 8.14. The highest BCUT2D eigenvalue weighted by atomic mass is 35.5. The summed E-state index contributed by atoms with van der Waals surface area (Å²) < 4.78 is 32.9. The highest BCUT2D eigenvalue weighted by Gasteiger charge is 2.26. The van der Waals surface area contributed by atoms with E-state index in [1.165, 1.54) is 12.4 Å². The van der Waals surface area contributed by atoms with Crippen LogP contribution in [0.25, 0.3) is 0 Å². The normalized spacial score (nSPS) is 17.9. The number of sulfonamides is 1. The fourth-order valence-electron chi connectivity index (χ4n) is 2.16. The predicted octanol–water partition coefficient (Wildman–Crippen LogP) is 1.93. The van der Waals surface area contributed by atoms with Gasteiger partial charge in [-0.05, 0) is 17.7 Å². The lowest BCUT2D eigenvalue weighted by Gasteiger charge is -2.26. The number of nitrogens with zero attached hydrogens (tertiary/aromatic N) is 2. The molecule has 3 rings (SSSR count). The third kappa shape index (κ3) is 2.99. The van der Waals surface area contributed by atoms with Crippen molar-refractivity contribution in [3.8, 4) is 5.75 Å². The summed E-state index contributed by atoms with van der Waals surface area (Å²) in [4.78, 5) is 7.37. The fourth-order valence-corrected chi connectivity index (χ4v) is 3.40. The van der Waals surface area contributed by atoms with Gasteiger partial charge >= 0.3 is 0 Å². The maximum absolute atomic E-state index is 12.3. The van der Waals surface area contributed by atoms with Gasteiger partial charge in [-0.1, -0.05) is 18.2 Å². The van der Waals surface area contributed by atoms with Crippen LogP contribution in [0.2, 0.25) is 5.28 Å². The van der Waals surface area contributed by atoms with Crippen molar-refractivity contribution < 1.29 is 13.2 Å². The van der Waals surface area contributed by atoms with E-state index in [4.69, 9.17) is 16.3 Å². The maximum atomic E-state index is 12.3. The van der Waals surface area contributed by atoms with Crippen molar-refractivity contribution in [2.24, 2.45) is 0 Å². The van der Waals surface area contributed by atoms with Gasteiger partial charge in [-0.15, -0.1) is 0 Å². The third-order valence-corrected chi connectivity index (χ3v) is 4.78. The van der Waals surface area contributed by atoms with Gasteiger partial charge in [-0.3, -0.25) is 0 Å². The zero-order valence-electron chi connectivity index (χ0n) is 10.9. The Morgan fingerprint density at radius 2 is 1.95 bits per heavy atom. The Kier molecular flexibility index (Phi) is 3.79. The van der Waals surface area contributed by atoms with Gasteiger partial charge in [0.2, 0.25) is 15.3 Å². The van der Waals surface area contributed by atoms with Gasteiger partial charge in [-0.2, -0.15) is 0 Å². The summed E-state index contributed by atoms with van der Waals surface area (Å²) in [6, 6.07) is 7.03. The Morgan fingerprint density at radius 1 is 1.24 bits per heavy atom. The average molecular weight is 326 g/mol. The second-order valence-corrected chi connectivity index (χ2v) is 6.59. The number of ether oxygens (including phenoxy) is 1. The number of rotatable bonds is 3. The Bertz CT molecular complexity index is 750. The topological polar surface area (TPSA) is 81.2 Å². The number of nitrogens with one attached hydrogen (secondary N) is 1. The Morgan fingerprint density at radius 3 is 2.71 bits per heavy atom. The van der Waals surface area contributed by atoms with E-state index in [1.807, 2.05) is 24.3 Å². The summed E-state index contributed by atoms with van der Waals surface area (Å²) in [6.07, 6.45) is 2.93.